The van der Waals surface area contributed by atoms with Crippen molar-refractivity contribution in [1.29, 1.82) is 0 Å². The SMILES string of the molecule is CCC(=O)[C@H](C)[C@@H](O)c1cccc(Br)c1. The van der Waals surface area contributed by atoms with E-state index in [1.165, 1.54) is 0 Å². The zero-order valence-electron chi connectivity index (χ0n) is 8.90. The molecule has 2 atom stereocenters. The van der Waals surface area contributed by atoms with E-state index < -0.39 is 6.10 Å². The first-order chi connectivity index (χ1) is 7.06. The molecule has 0 unspecified atom stereocenters. The van der Waals surface area contributed by atoms with Crippen molar-refractivity contribution < 1.29 is 9.90 Å². The first-order valence-corrected chi connectivity index (χ1v) is 5.81. The first-order valence-electron chi connectivity index (χ1n) is 5.02. The van der Waals surface area contributed by atoms with Gasteiger partial charge < -0.3 is 5.11 Å². The Morgan fingerprint density at radius 2 is 2.20 bits per heavy atom. The molecule has 0 fully saturated rings. The number of carbonyl (C=O) groups excluding carboxylic acids is 1. The van der Waals surface area contributed by atoms with E-state index in [1.54, 1.807) is 6.92 Å². The van der Waals surface area contributed by atoms with E-state index in [-0.39, 0.29) is 11.7 Å². The predicted molar refractivity (Wildman–Crippen MR) is 63.6 cm³/mol. The fraction of sp³-hybridized carbons (Fsp3) is 0.417. The van der Waals surface area contributed by atoms with Crippen LogP contribution in [-0.4, -0.2) is 10.9 Å². The summed E-state index contributed by atoms with van der Waals surface area (Å²) in [5, 5.41) is 9.97. The molecule has 15 heavy (non-hydrogen) atoms. The molecule has 0 saturated carbocycles. The molecular weight excluding hydrogens is 256 g/mol. The Kier molecular flexibility index (Phi) is 4.48. The smallest absolute Gasteiger partial charge is 0.138 e. The highest BCUT2D eigenvalue weighted by Gasteiger charge is 2.21. The van der Waals surface area contributed by atoms with Crippen molar-refractivity contribution in [1.82, 2.24) is 0 Å². The number of carbonyl (C=O) groups is 1. The maximum Gasteiger partial charge on any atom is 0.138 e. The molecule has 1 N–H and O–H groups in total. The van der Waals surface area contributed by atoms with Crippen molar-refractivity contribution >= 4 is 21.7 Å². The van der Waals surface area contributed by atoms with E-state index in [1.807, 2.05) is 31.2 Å². The van der Waals surface area contributed by atoms with Gasteiger partial charge in [-0.3, -0.25) is 4.79 Å². The monoisotopic (exact) mass is 270 g/mol. The molecule has 2 nitrogen and oxygen atoms in total. The van der Waals surface area contributed by atoms with E-state index in [0.717, 1.165) is 10.0 Å². The second kappa shape index (κ2) is 5.42. The second-order valence-corrected chi connectivity index (χ2v) is 4.52. The van der Waals surface area contributed by atoms with Crippen LogP contribution < -0.4 is 0 Å². The van der Waals surface area contributed by atoms with Crippen LogP contribution in [0.5, 0.6) is 0 Å². The molecule has 0 bridgehead atoms. The highest BCUT2D eigenvalue weighted by Crippen LogP contribution is 2.25. The van der Waals surface area contributed by atoms with E-state index >= 15 is 0 Å². The molecule has 3 heteroatoms. The van der Waals surface area contributed by atoms with E-state index in [9.17, 15) is 9.90 Å². The third-order valence-corrected chi connectivity index (χ3v) is 3.01. The fourth-order valence-electron chi connectivity index (χ4n) is 1.48. The summed E-state index contributed by atoms with van der Waals surface area (Å²) in [7, 11) is 0. The summed E-state index contributed by atoms with van der Waals surface area (Å²) in [6.07, 6.45) is -0.248. The lowest BCUT2D eigenvalue weighted by atomic mass is 9.93. The normalized spacial score (nSPS) is 14.7. The minimum atomic E-state index is -0.713. The number of Topliss-reactive ketones (excluding diaryl/α,β-unsaturated/α-hetero) is 1. The van der Waals surface area contributed by atoms with Crippen molar-refractivity contribution in [2.45, 2.75) is 26.4 Å². The summed E-state index contributed by atoms with van der Waals surface area (Å²) < 4.78 is 0.912. The Morgan fingerprint density at radius 1 is 1.53 bits per heavy atom. The summed E-state index contributed by atoms with van der Waals surface area (Å²) in [5.41, 5.74) is 0.777. The zero-order valence-corrected chi connectivity index (χ0v) is 10.5. The van der Waals surface area contributed by atoms with Gasteiger partial charge in [-0.05, 0) is 17.7 Å². The van der Waals surface area contributed by atoms with Crippen LogP contribution in [0.3, 0.4) is 0 Å². The predicted octanol–water partition coefficient (Wildman–Crippen LogP) is 3.10. The quantitative estimate of drug-likeness (QED) is 0.913. The van der Waals surface area contributed by atoms with Gasteiger partial charge in [-0.15, -0.1) is 0 Å². The minimum Gasteiger partial charge on any atom is -0.388 e. The molecule has 0 amide bonds. The van der Waals surface area contributed by atoms with Crippen LogP contribution in [0.1, 0.15) is 31.9 Å². The highest BCUT2D eigenvalue weighted by molar-refractivity contribution is 9.10. The van der Waals surface area contributed by atoms with Gasteiger partial charge in [0.25, 0.3) is 0 Å². The van der Waals surface area contributed by atoms with Crippen LogP contribution in [0.2, 0.25) is 0 Å². The van der Waals surface area contributed by atoms with Crippen LogP contribution in [0, 0.1) is 5.92 Å². The van der Waals surface area contributed by atoms with Gasteiger partial charge in [0.15, 0.2) is 0 Å². The summed E-state index contributed by atoms with van der Waals surface area (Å²) in [5.74, 6) is -0.258. The Hall–Kier alpha value is -0.670. The minimum absolute atomic E-state index is 0.0856. The maximum absolute atomic E-state index is 11.4. The number of hydrogen-bond donors (Lipinski definition) is 1. The Bertz CT molecular complexity index is 349. The number of rotatable bonds is 4. The Morgan fingerprint density at radius 3 is 2.73 bits per heavy atom. The molecule has 0 spiro atoms. The van der Waals surface area contributed by atoms with Crippen molar-refractivity contribution in [2.24, 2.45) is 5.92 Å². The molecule has 0 aliphatic carbocycles. The van der Waals surface area contributed by atoms with E-state index in [4.69, 9.17) is 0 Å². The van der Waals surface area contributed by atoms with E-state index in [0.29, 0.717) is 6.42 Å². The number of ketones is 1. The lowest BCUT2D eigenvalue weighted by Crippen LogP contribution is -2.18. The van der Waals surface area contributed by atoms with Gasteiger partial charge in [-0.25, -0.2) is 0 Å². The van der Waals surface area contributed by atoms with Crippen LogP contribution in [-0.2, 0) is 4.79 Å². The van der Waals surface area contributed by atoms with Crippen molar-refractivity contribution in [3.63, 3.8) is 0 Å². The largest absolute Gasteiger partial charge is 0.388 e. The lowest BCUT2D eigenvalue weighted by molar-refractivity contribution is -0.125. The Labute approximate surface area is 98.4 Å². The molecule has 1 aromatic carbocycles. The molecule has 0 aliphatic rings. The van der Waals surface area contributed by atoms with Gasteiger partial charge in [0.05, 0.1) is 6.10 Å². The van der Waals surface area contributed by atoms with Gasteiger partial charge in [0.2, 0.25) is 0 Å². The molecule has 82 valence electrons. The molecule has 1 aromatic rings. The van der Waals surface area contributed by atoms with Crippen LogP contribution in [0.15, 0.2) is 28.7 Å². The van der Waals surface area contributed by atoms with Crippen LogP contribution >= 0.6 is 15.9 Å². The van der Waals surface area contributed by atoms with Gasteiger partial charge in [0.1, 0.15) is 5.78 Å². The summed E-state index contributed by atoms with van der Waals surface area (Å²) in [6.45, 7) is 3.57. The van der Waals surface area contributed by atoms with Crippen molar-refractivity contribution in [3.05, 3.63) is 34.3 Å². The van der Waals surface area contributed by atoms with Crippen molar-refractivity contribution in [2.75, 3.05) is 0 Å². The molecule has 0 saturated heterocycles. The molecule has 0 radical (unpaired) electrons. The highest BCUT2D eigenvalue weighted by atomic mass is 79.9. The maximum atomic E-state index is 11.4. The van der Waals surface area contributed by atoms with Gasteiger partial charge >= 0.3 is 0 Å². The molecule has 1 rings (SSSR count). The van der Waals surface area contributed by atoms with Crippen LogP contribution in [0.4, 0.5) is 0 Å². The number of aliphatic hydroxyl groups excluding tert-OH is 1. The average molecular weight is 271 g/mol. The number of benzene rings is 1. The fourth-order valence-corrected chi connectivity index (χ4v) is 1.89. The second-order valence-electron chi connectivity index (χ2n) is 3.61. The zero-order chi connectivity index (χ0) is 11.4. The summed E-state index contributed by atoms with van der Waals surface area (Å²) >= 11 is 3.34. The standard InChI is InChI=1S/C12H15BrO2/c1-3-11(14)8(2)12(15)9-5-4-6-10(13)7-9/h4-8,12,15H,3H2,1-2H3/t8-,12+/m0/s1. The summed E-state index contributed by atoms with van der Waals surface area (Å²) in [6, 6.07) is 7.41. The third-order valence-electron chi connectivity index (χ3n) is 2.52. The third kappa shape index (κ3) is 3.14. The van der Waals surface area contributed by atoms with Gasteiger partial charge in [-0.2, -0.15) is 0 Å². The Balaban J connectivity index is 2.84. The van der Waals surface area contributed by atoms with Gasteiger partial charge in [-0.1, -0.05) is 41.9 Å². The first kappa shape index (κ1) is 12.4. The molecule has 0 aromatic heterocycles. The average Bonchev–Trinajstić information content (AvgIpc) is 2.26. The molecule has 0 aliphatic heterocycles. The summed E-state index contributed by atoms with van der Waals surface area (Å²) in [4.78, 5) is 11.4. The van der Waals surface area contributed by atoms with Crippen LogP contribution in [0.25, 0.3) is 0 Å². The topological polar surface area (TPSA) is 37.3 Å². The number of halogens is 1. The van der Waals surface area contributed by atoms with E-state index in [2.05, 4.69) is 15.9 Å². The lowest BCUT2D eigenvalue weighted by Gasteiger charge is -2.17. The number of hydrogen-bond acceptors (Lipinski definition) is 2. The molecule has 0 heterocycles. The number of aliphatic hydroxyl groups is 1. The van der Waals surface area contributed by atoms with Gasteiger partial charge in [0, 0.05) is 16.8 Å². The van der Waals surface area contributed by atoms with Crippen molar-refractivity contribution in [3.8, 4) is 0 Å². The molecular formula is C12H15BrO2.